The van der Waals surface area contributed by atoms with Gasteiger partial charge in [0.1, 0.15) is 0 Å². The third-order valence-electron chi connectivity index (χ3n) is 2.69. The second-order valence-corrected chi connectivity index (χ2v) is 6.01. The van der Waals surface area contributed by atoms with Crippen molar-refractivity contribution in [3.63, 3.8) is 0 Å². The minimum absolute atomic E-state index is 0.109. The third-order valence-corrected chi connectivity index (χ3v) is 3.24. The smallest absolute Gasteiger partial charge is 0.292 e. The third kappa shape index (κ3) is 3.95. The normalized spacial score (nSPS) is 16.0. The Balaban J connectivity index is 2.22. The Morgan fingerprint density at radius 2 is 2.19 bits per heavy atom. The fourth-order valence-corrected chi connectivity index (χ4v) is 2.05. The number of pyridine rings is 1. The van der Waals surface area contributed by atoms with Gasteiger partial charge in [0.05, 0.1) is 24.7 Å². The molecule has 3 amide bonds. The molecule has 0 aliphatic carbocycles. The van der Waals surface area contributed by atoms with Gasteiger partial charge in [0, 0.05) is 18.5 Å². The lowest BCUT2D eigenvalue weighted by Crippen LogP contribution is -2.49. The second-order valence-electron chi connectivity index (χ2n) is 4.36. The first-order valence-electron chi connectivity index (χ1n) is 5.86. The summed E-state index contributed by atoms with van der Waals surface area (Å²) < 4.78 is 39.8. The molecule has 1 aliphatic heterocycles. The van der Waals surface area contributed by atoms with Crippen molar-refractivity contribution >= 4 is 27.7 Å². The van der Waals surface area contributed by atoms with E-state index in [-0.39, 0.29) is 24.2 Å². The number of anilines is 1. The number of hydrogen-bond acceptors (Lipinski definition) is 6. The fraction of sp³-hybridized carbons (Fsp3) is 0.364. The molecule has 1 N–H and O–H groups in total. The van der Waals surface area contributed by atoms with Crippen LogP contribution in [0.1, 0.15) is 12.0 Å². The second kappa shape index (κ2) is 5.74. The number of nitrogens with zero attached hydrogens (tertiary/aromatic N) is 2. The number of aromatic nitrogens is 1. The summed E-state index contributed by atoms with van der Waals surface area (Å²) in [5.41, 5.74) is 0.135. The minimum atomic E-state index is -3.73. The molecule has 10 heteroatoms. The molecule has 0 radical (unpaired) electrons. The standard InChI is InChI=1S/C11H12FN3O5S/c1-21(18,19)20-6-7-4-8(5-13-10(7)12)15-3-2-9(16)14-11(15)17/h4-5H,2-3,6H2,1H3,(H,14,16,17). The molecule has 0 bridgehead atoms. The summed E-state index contributed by atoms with van der Waals surface area (Å²) in [7, 11) is -3.73. The summed E-state index contributed by atoms with van der Waals surface area (Å²) in [6.45, 7) is -0.399. The Labute approximate surface area is 120 Å². The highest BCUT2D eigenvalue weighted by Crippen LogP contribution is 2.20. The summed E-state index contributed by atoms with van der Waals surface area (Å²) in [5.74, 6) is -1.29. The molecule has 8 nitrogen and oxygen atoms in total. The van der Waals surface area contributed by atoms with Crippen molar-refractivity contribution in [2.45, 2.75) is 13.0 Å². The van der Waals surface area contributed by atoms with Crippen molar-refractivity contribution in [3.8, 4) is 0 Å². The van der Waals surface area contributed by atoms with Crippen LogP contribution in [0.5, 0.6) is 0 Å². The molecule has 1 aromatic heterocycles. The zero-order valence-electron chi connectivity index (χ0n) is 11.0. The summed E-state index contributed by atoms with van der Waals surface area (Å²) in [6, 6.07) is 0.609. The van der Waals surface area contributed by atoms with Gasteiger partial charge in [-0.1, -0.05) is 0 Å². The maximum atomic E-state index is 13.5. The maximum absolute atomic E-state index is 13.5. The van der Waals surface area contributed by atoms with E-state index in [4.69, 9.17) is 0 Å². The van der Waals surface area contributed by atoms with Gasteiger partial charge in [-0.05, 0) is 6.07 Å². The molecular weight excluding hydrogens is 305 g/mol. The van der Waals surface area contributed by atoms with Crippen LogP contribution in [0.25, 0.3) is 0 Å². The van der Waals surface area contributed by atoms with Gasteiger partial charge in [-0.25, -0.2) is 9.78 Å². The average molecular weight is 317 g/mol. The molecular formula is C11H12FN3O5S. The number of carbonyl (C=O) groups is 2. The van der Waals surface area contributed by atoms with Crippen molar-refractivity contribution in [3.05, 3.63) is 23.8 Å². The van der Waals surface area contributed by atoms with Crippen molar-refractivity contribution in [2.24, 2.45) is 0 Å². The van der Waals surface area contributed by atoms with Crippen LogP contribution in [0.15, 0.2) is 12.3 Å². The van der Waals surface area contributed by atoms with Crippen LogP contribution in [0, 0.1) is 5.95 Å². The van der Waals surface area contributed by atoms with E-state index in [0.29, 0.717) is 0 Å². The molecule has 21 heavy (non-hydrogen) atoms. The number of nitrogens with one attached hydrogen (secondary N) is 1. The molecule has 0 atom stereocenters. The van der Waals surface area contributed by atoms with Gasteiger partial charge in [-0.3, -0.25) is 19.2 Å². The van der Waals surface area contributed by atoms with Gasteiger partial charge in [0.2, 0.25) is 11.9 Å². The highest BCUT2D eigenvalue weighted by atomic mass is 32.2. The van der Waals surface area contributed by atoms with E-state index in [2.05, 4.69) is 14.5 Å². The predicted molar refractivity (Wildman–Crippen MR) is 69.3 cm³/mol. The average Bonchev–Trinajstić information content (AvgIpc) is 2.37. The van der Waals surface area contributed by atoms with Crippen LogP contribution in [0.3, 0.4) is 0 Å². The lowest BCUT2D eigenvalue weighted by Gasteiger charge is -2.26. The summed E-state index contributed by atoms with van der Waals surface area (Å²) in [5, 5.41) is 2.12. The van der Waals surface area contributed by atoms with Crippen LogP contribution >= 0.6 is 0 Å². The monoisotopic (exact) mass is 317 g/mol. The first-order valence-corrected chi connectivity index (χ1v) is 7.68. The van der Waals surface area contributed by atoms with Crippen molar-refractivity contribution in [2.75, 3.05) is 17.7 Å². The Morgan fingerprint density at radius 3 is 2.81 bits per heavy atom. The van der Waals surface area contributed by atoms with Crippen LogP contribution in [-0.2, 0) is 25.7 Å². The van der Waals surface area contributed by atoms with Gasteiger partial charge in [-0.15, -0.1) is 0 Å². The van der Waals surface area contributed by atoms with Gasteiger partial charge < -0.3 is 0 Å². The molecule has 114 valence electrons. The van der Waals surface area contributed by atoms with Crippen LogP contribution in [0.4, 0.5) is 14.9 Å². The van der Waals surface area contributed by atoms with Gasteiger partial charge in [0.25, 0.3) is 10.1 Å². The van der Waals surface area contributed by atoms with Gasteiger partial charge in [-0.2, -0.15) is 12.8 Å². The zero-order chi connectivity index (χ0) is 15.6. The van der Waals surface area contributed by atoms with E-state index >= 15 is 0 Å². The number of imide groups is 1. The number of urea groups is 1. The van der Waals surface area contributed by atoms with Crippen molar-refractivity contribution in [1.29, 1.82) is 0 Å². The molecule has 0 saturated carbocycles. The molecule has 2 rings (SSSR count). The molecule has 2 heterocycles. The van der Waals surface area contributed by atoms with Crippen LogP contribution in [-0.4, -0.2) is 38.1 Å². The number of halogens is 1. The molecule has 1 aliphatic rings. The molecule has 0 unspecified atom stereocenters. The van der Waals surface area contributed by atoms with E-state index < -0.39 is 34.6 Å². The predicted octanol–water partition coefficient (Wildman–Crippen LogP) is 0.143. The number of amides is 3. The van der Waals surface area contributed by atoms with Crippen LogP contribution < -0.4 is 10.2 Å². The SMILES string of the molecule is CS(=O)(=O)OCc1cc(N2CCC(=O)NC2=O)cnc1F. The largest absolute Gasteiger partial charge is 0.328 e. The molecule has 0 aromatic carbocycles. The molecule has 0 spiro atoms. The number of hydrogen-bond donors (Lipinski definition) is 1. The first-order chi connectivity index (χ1) is 9.76. The maximum Gasteiger partial charge on any atom is 0.328 e. The summed E-state index contributed by atoms with van der Waals surface area (Å²) in [6.07, 6.45) is 2.07. The topological polar surface area (TPSA) is 106 Å². The number of rotatable bonds is 4. The van der Waals surface area contributed by atoms with Gasteiger partial charge >= 0.3 is 6.03 Å². The summed E-state index contributed by atoms with van der Waals surface area (Å²) >= 11 is 0. The zero-order valence-corrected chi connectivity index (χ0v) is 11.8. The molecule has 1 aromatic rings. The Bertz CT molecular complexity index is 691. The molecule has 1 saturated heterocycles. The Hall–Kier alpha value is -2.07. The van der Waals surface area contributed by atoms with Gasteiger partial charge in [0.15, 0.2) is 0 Å². The van der Waals surface area contributed by atoms with Crippen molar-refractivity contribution < 1.29 is 26.6 Å². The lowest BCUT2D eigenvalue weighted by atomic mass is 10.2. The minimum Gasteiger partial charge on any atom is -0.292 e. The lowest BCUT2D eigenvalue weighted by molar-refractivity contribution is -0.120. The summed E-state index contributed by atoms with van der Waals surface area (Å²) in [4.78, 5) is 27.4. The van der Waals surface area contributed by atoms with E-state index in [1.165, 1.54) is 11.0 Å². The first kappa shape index (κ1) is 15.3. The number of carbonyl (C=O) groups excluding carboxylic acids is 2. The molecule has 1 fully saturated rings. The highest BCUT2D eigenvalue weighted by molar-refractivity contribution is 7.85. The highest BCUT2D eigenvalue weighted by Gasteiger charge is 2.25. The van der Waals surface area contributed by atoms with Crippen molar-refractivity contribution in [1.82, 2.24) is 10.3 Å². The quantitative estimate of drug-likeness (QED) is 0.625. The van der Waals surface area contributed by atoms with Crippen LogP contribution in [0.2, 0.25) is 0 Å². The fourth-order valence-electron chi connectivity index (χ4n) is 1.71. The Kier molecular flexibility index (Phi) is 4.19. The van der Waals surface area contributed by atoms with E-state index in [9.17, 15) is 22.4 Å². The van der Waals surface area contributed by atoms with E-state index in [1.54, 1.807) is 0 Å². The van der Waals surface area contributed by atoms with E-state index in [0.717, 1.165) is 12.5 Å². The Morgan fingerprint density at radius 1 is 1.48 bits per heavy atom. The van der Waals surface area contributed by atoms with E-state index in [1.807, 2.05) is 0 Å².